The lowest BCUT2D eigenvalue weighted by molar-refractivity contribution is 0.174. The predicted molar refractivity (Wildman–Crippen MR) is 61.2 cm³/mol. The van der Waals surface area contributed by atoms with Gasteiger partial charge in [0.1, 0.15) is 5.75 Å². The van der Waals surface area contributed by atoms with Crippen molar-refractivity contribution in [2.24, 2.45) is 0 Å². The van der Waals surface area contributed by atoms with Crippen LogP contribution in [-0.2, 0) is 11.3 Å². The third-order valence-corrected chi connectivity index (χ3v) is 2.42. The van der Waals surface area contributed by atoms with E-state index in [1.54, 1.807) is 14.2 Å². The summed E-state index contributed by atoms with van der Waals surface area (Å²) in [4.78, 5) is 0. The molecule has 0 bridgehead atoms. The van der Waals surface area contributed by atoms with E-state index in [0.717, 1.165) is 17.9 Å². The SMILES string of the molecule is COCNCc1cc(C)c(OC)cc1C. The van der Waals surface area contributed by atoms with Gasteiger partial charge < -0.3 is 9.47 Å². The molecule has 0 aliphatic heterocycles. The smallest absolute Gasteiger partial charge is 0.122 e. The van der Waals surface area contributed by atoms with Crippen molar-refractivity contribution < 1.29 is 9.47 Å². The fraction of sp³-hybridized carbons (Fsp3) is 0.500. The van der Waals surface area contributed by atoms with Crippen molar-refractivity contribution in [1.29, 1.82) is 0 Å². The second kappa shape index (κ2) is 5.73. The minimum absolute atomic E-state index is 0.574. The zero-order valence-corrected chi connectivity index (χ0v) is 9.89. The van der Waals surface area contributed by atoms with Crippen molar-refractivity contribution in [1.82, 2.24) is 5.32 Å². The molecule has 0 amide bonds. The Morgan fingerprint density at radius 1 is 1.13 bits per heavy atom. The second-order valence-corrected chi connectivity index (χ2v) is 3.61. The molecule has 1 N–H and O–H groups in total. The summed E-state index contributed by atoms with van der Waals surface area (Å²) in [5, 5.41) is 3.19. The molecule has 0 aromatic heterocycles. The van der Waals surface area contributed by atoms with Crippen LogP contribution in [0.2, 0.25) is 0 Å². The van der Waals surface area contributed by atoms with E-state index in [4.69, 9.17) is 9.47 Å². The molecule has 0 aliphatic rings. The maximum absolute atomic E-state index is 5.26. The summed E-state index contributed by atoms with van der Waals surface area (Å²) in [6.45, 7) is 5.54. The van der Waals surface area contributed by atoms with Gasteiger partial charge in [0.05, 0.1) is 13.8 Å². The summed E-state index contributed by atoms with van der Waals surface area (Å²) < 4.78 is 10.2. The van der Waals surface area contributed by atoms with Crippen molar-refractivity contribution >= 4 is 0 Å². The van der Waals surface area contributed by atoms with Gasteiger partial charge in [-0.05, 0) is 36.6 Å². The van der Waals surface area contributed by atoms with Crippen LogP contribution in [0.25, 0.3) is 0 Å². The van der Waals surface area contributed by atoms with Crippen LogP contribution in [0, 0.1) is 13.8 Å². The molecule has 0 aliphatic carbocycles. The summed E-state index contributed by atoms with van der Waals surface area (Å²) in [6, 6.07) is 4.22. The van der Waals surface area contributed by atoms with Crippen molar-refractivity contribution in [2.45, 2.75) is 20.4 Å². The number of hydrogen-bond acceptors (Lipinski definition) is 3. The monoisotopic (exact) mass is 209 g/mol. The average Bonchev–Trinajstić information content (AvgIpc) is 2.23. The summed E-state index contributed by atoms with van der Waals surface area (Å²) in [5.41, 5.74) is 3.68. The standard InChI is InChI=1S/C12H19NO2/c1-9-6-12(15-4)10(2)5-11(9)7-13-8-14-3/h5-6,13H,7-8H2,1-4H3. The van der Waals surface area contributed by atoms with Crippen LogP contribution in [0.1, 0.15) is 16.7 Å². The van der Waals surface area contributed by atoms with Gasteiger partial charge in [-0.25, -0.2) is 0 Å². The number of nitrogens with one attached hydrogen (secondary N) is 1. The lowest BCUT2D eigenvalue weighted by atomic mass is 10.0. The summed E-state index contributed by atoms with van der Waals surface area (Å²) >= 11 is 0. The Kier molecular flexibility index (Phi) is 4.59. The number of hydrogen-bond donors (Lipinski definition) is 1. The number of aryl methyl sites for hydroxylation is 2. The first-order valence-electron chi connectivity index (χ1n) is 5.02. The van der Waals surface area contributed by atoms with Crippen molar-refractivity contribution in [3.63, 3.8) is 0 Å². The lowest BCUT2D eigenvalue weighted by Gasteiger charge is -2.11. The maximum Gasteiger partial charge on any atom is 0.122 e. The highest BCUT2D eigenvalue weighted by Gasteiger charge is 2.03. The highest BCUT2D eigenvalue weighted by molar-refractivity contribution is 5.41. The Bertz CT molecular complexity index is 324. The van der Waals surface area contributed by atoms with E-state index in [1.807, 2.05) is 0 Å². The third-order valence-electron chi connectivity index (χ3n) is 2.42. The van der Waals surface area contributed by atoms with Gasteiger partial charge in [0, 0.05) is 13.7 Å². The first kappa shape index (κ1) is 12.0. The molecule has 15 heavy (non-hydrogen) atoms. The third kappa shape index (κ3) is 3.22. The van der Waals surface area contributed by atoms with Gasteiger partial charge >= 0.3 is 0 Å². The zero-order valence-electron chi connectivity index (χ0n) is 9.89. The Balaban J connectivity index is 2.76. The molecular formula is C12H19NO2. The lowest BCUT2D eigenvalue weighted by Crippen LogP contribution is -2.16. The molecule has 0 saturated carbocycles. The molecule has 1 rings (SSSR count). The Labute approximate surface area is 91.4 Å². The van der Waals surface area contributed by atoms with Gasteiger partial charge in [-0.1, -0.05) is 6.07 Å². The van der Waals surface area contributed by atoms with Crippen molar-refractivity contribution in [2.75, 3.05) is 21.0 Å². The highest BCUT2D eigenvalue weighted by Crippen LogP contribution is 2.22. The van der Waals surface area contributed by atoms with E-state index in [1.165, 1.54) is 11.1 Å². The molecule has 3 heteroatoms. The topological polar surface area (TPSA) is 30.5 Å². The predicted octanol–water partition coefficient (Wildman–Crippen LogP) is 2.01. The van der Waals surface area contributed by atoms with Crippen LogP contribution in [0.5, 0.6) is 5.75 Å². The average molecular weight is 209 g/mol. The van der Waals surface area contributed by atoms with E-state index >= 15 is 0 Å². The quantitative estimate of drug-likeness (QED) is 0.594. The first-order chi connectivity index (χ1) is 7.19. The summed E-state index contributed by atoms with van der Waals surface area (Å²) in [5.74, 6) is 0.947. The van der Waals surface area contributed by atoms with Gasteiger partial charge in [0.2, 0.25) is 0 Å². The molecular weight excluding hydrogens is 190 g/mol. The molecule has 1 aromatic rings. The van der Waals surface area contributed by atoms with Crippen LogP contribution in [-0.4, -0.2) is 21.0 Å². The molecule has 0 atom stereocenters. The minimum atomic E-state index is 0.574. The van der Waals surface area contributed by atoms with Crippen LogP contribution in [0.4, 0.5) is 0 Å². The highest BCUT2D eigenvalue weighted by atomic mass is 16.5. The summed E-state index contributed by atoms with van der Waals surface area (Å²) in [6.07, 6.45) is 0. The van der Waals surface area contributed by atoms with Crippen molar-refractivity contribution in [3.05, 3.63) is 28.8 Å². The van der Waals surface area contributed by atoms with E-state index < -0.39 is 0 Å². The van der Waals surface area contributed by atoms with E-state index in [0.29, 0.717) is 6.73 Å². The molecule has 3 nitrogen and oxygen atoms in total. The molecule has 0 radical (unpaired) electrons. The summed E-state index contributed by atoms with van der Waals surface area (Å²) in [7, 11) is 3.38. The molecule has 0 fully saturated rings. The van der Waals surface area contributed by atoms with E-state index in [-0.39, 0.29) is 0 Å². The number of rotatable bonds is 5. The number of benzene rings is 1. The largest absolute Gasteiger partial charge is 0.496 e. The molecule has 0 spiro atoms. The molecule has 0 heterocycles. The van der Waals surface area contributed by atoms with Gasteiger partial charge in [-0.15, -0.1) is 0 Å². The molecule has 0 saturated heterocycles. The Hall–Kier alpha value is -1.06. The molecule has 0 unspecified atom stereocenters. The Morgan fingerprint density at radius 2 is 1.87 bits per heavy atom. The van der Waals surface area contributed by atoms with Crippen LogP contribution in [0.3, 0.4) is 0 Å². The van der Waals surface area contributed by atoms with Crippen molar-refractivity contribution in [3.8, 4) is 5.75 Å². The van der Waals surface area contributed by atoms with Gasteiger partial charge in [-0.2, -0.15) is 0 Å². The van der Waals surface area contributed by atoms with Crippen LogP contribution in [0.15, 0.2) is 12.1 Å². The normalized spacial score (nSPS) is 10.4. The minimum Gasteiger partial charge on any atom is -0.496 e. The van der Waals surface area contributed by atoms with Gasteiger partial charge in [0.25, 0.3) is 0 Å². The van der Waals surface area contributed by atoms with E-state index in [2.05, 4.69) is 31.3 Å². The molecule has 84 valence electrons. The second-order valence-electron chi connectivity index (χ2n) is 3.61. The first-order valence-corrected chi connectivity index (χ1v) is 5.02. The zero-order chi connectivity index (χ0) is 11.3. The van der Waals surface area contributed by atoms with Crippen LogP contribution < -0.4 is 10.1 Å². The van der Waals surface area contributed by atoms with Gasteiger partial charge in [0.15, 0.2) is 0 Å². The molecule has 1 aromatic carbocycles. The van der Waals surface area contributed by atoms with Gasteiger partial charge in [-0.3, -0.25) is 5.32 Å². The van der Waals surface area contributed by atoms with Crippen LogP contribution >= 0.6 is 0 Å². The number of ether oxygens (including phenoxy) is 2. The van der Waals surface area contributed by atoms with E-state index in [9.17, 15) is 0 Å². The fourth-order valence-electron chi connectivity index (χ4n) is 1.55. The number of methoxy groups -OCH3 is 2. The fourth-order valence-corrected chi connectivity index (χ4v) is 1.55. The maximum atomic E-state index is 5.26. The Morgan fingerprint density at radius 3 is 2.47 bits per heavy atom.